The fourth-order valence-electron chi connectivity index (χ4n) is 1.57. The van der Waals surface area contributed by atoms with Crippen LogP contribution in [0.1, 0.15) is 5.69 Å². The summed E-state index contributed by atoms with van der Waals surface area (Å²) >= 11 is 2.61. The Balaban J connectivity index is 1.78. The normalized spacial score (nSPS) is 10.7. The van der Waals surface area contributed by atoms with Crippen molar-refractivity contribution in [2.75, 3.05) is 5.43 Å². The van der Waals surface area contributed by atoms with Crippen LogP contribution in [0, 0.1) is 0 Å². The molecule has 0 bridgehead atoms. The number of phenolic OH excluding ortho intramolecular Hbond substituents is 1. The van der Waals surface area contributed by atoms with Crippen molar-refractivity contribution in [2.24, 2.45) is 5.84 Å². The fraction of sp³-hybridized carbons (Fsp3) is 0.100. The first-order valence-corrected chi connectivity index (χ1v) is 7.52. The highest BCUT2D eigenvalue weighted by Gasteiger charge is 2.12. The lowest BCUT2D eigenvalue weighted by atomic mass is 10.3. The summed E-state index contributed by atoms with van der Waals surface area (Å²) < 4.78 is 5.42. The van der Waals surface area contributed by atoms with Gasteiger partial charge in [-0.2, -0.15) is 4.68 Å². The fourth-order valence-corrected chi connectivity index (χ4v) is 2.98. The maximum absolute atomic E-state index is 9.31. The van der Waals surface area contributed by atoms with Crippen LogP contribution in [0.3, 0.4) is 0 Å². The number of rotatable bonds is 5. The molecular formula is C10H10N8OS2. The van der Waals surface area contributed by atoms with Crippen LogP contribution in [0.2, 0.25) is 0 Å². The number of nitrogens with zero attached hydrogens (tertiary/aromatic N) is 6. The summed E-state index contributed by atoms with van der Waals surface area (Å²) in [5, 5.41) is 26.2. The number of thioether (sulfide) groups is 1. The Hall–Kier alpha value is -2.24. The third kappa shape index (κ3) is 2.94. The number of anilines is 1. The highest BCUT2D eigenvalue weighted by molar-refractivity contribution is 7.98. The van der Waals surface area contributed by atoms with Gasteiger partial charge in [0.05, 0.1) is 5.69 Å². The quantitative estimate of drug-likeness (QED) is 0.355. The van der Waals surface area contributed by atoms with Crippen LogP contribution in [0.4, 0.5) is 5.00 Å². The highest BCUT2D eigenvalue weighted by Crippen LogP contribution is 2.26. The molecule has 0 aliphatic heterocycles. The van der Waals surface area contributed by atoms with Crippen molar-refractivity contribution in [1.29, 1.82) is 0 Å². The molecule has 3 rings (SSSR count). The number of aromatic hydroxyl groups is 1. The van der Waals surface area contributed by atoms with E-state index in [1.807, 2.05) is 0 Å². The summed E-state index contributed by atoms with van der Waals surface area (Å²) in [6, 6.07) is 6.61. The minimum Gasteiger partial charge on any atom is -0.508 e. The van der Waals surface area contributed by atoms with E-state index < -0.39 is 0 Å². The van der Waals surface area contributed by atoms with E-state index in [2.05, 4.69) is 30.5 Å². The van der Waals surface area contributed by atoms with Gasteiger partial charge in [0, 0.05) is 17.3 Å². The lowest BCUT2D eigenvalue weighted by Crippen LogP contribution is -2.07. The molecule has 0 atom stereocenters. The minimum atomic E-state index is 0.188. The first-order chi connectivity index (χ1) is 10.3. The van der Waals surface area contributed by atoms with E-state index in [1.165, 1.54) is 23.3 Å². The van der Waals surface area contributed by atoms with Gasteiger partial charge in [0.15, 0.2) is 0 Å². The number of tetrazole rings is 1. The number of hydrogen-bond donors (Lipinski definition) is 3. The van der Waals surface area contributed by atoms with Crippen LogP contribution in [0.25, 0.3) is 5.69 Å². The Labute approximate surface area is 127 Å². The topological polar surface area (TPSA) is 128 Å². The standard InChI is InChI=1S/C10H10N8OS2/c11-12-9-8(13-17-21-9)5-20-10-14-15-16-18(10)6-1-3-7(19)4-2-6/h1-4,12,19H,5,11H2. The third-order valence-electron chi connectivity index (χ3n) is 2.56. The number of nitrogens with one attached hydrogen (secondary N) is 1. The van der Waals surface area contributed by atoms with Gasteiger partial charge in [0.2, 0.25) is 5.16 Å². The molecule has 4 N–H and O–H groups in total. The molecular weight excluding hydrogens is 312 g/mol. The van der Waals surface area contributed by atoms with Crippen LogP contribution in [-0.4, -0.2) is 34.9 Å². The molecule has 0 saturated carbocycles. The predicted molar refractivity (Wildman–Crippen MR) is 78.1 cm³/mol. The van der Waals surface area contributed by atoms with Crippen molar-refractivity contribution < 1.29 is 5.11 Å². The molecule has 0 saturated heterocycles. The lowest BCUT2D eigenvalue weighted by molar-refractivity contribution is 0.475. The van der Waals surface area contributed by atoms with Crippen molar-refractivity contribution in [1.82, 2.24) is 29.8 Å². The second-order valence-corrected chi connectivity index (χ2v) is 5.57. The molecule has 9 nitrogen and oxygen atoms in total. The van der Waals surface area contributed by atoms with Crippen LogP contribution < -0.4 is 11.3 Å². The number of nitrogens with two attached hydrogens (primary N) is 1. The second-order valence-electron chi connectivity index (χ2n) is 3.87. The second kappa shape index (κ2) is 6.03. The average Bonchev–Trinajstić information content (AvgIpc) is 3.14. The molecule has 0 unspecified atom stereocenters. The minimum absolute atomic E-state index is 0.188. The van der Waals surface area contributed by atoms with Gasteiger partial charge in [-0.3, -0.25) is 0 Å². The summed E-state index contributed by atoms with van der Waals surface area (Å²) in [6.45, 7) is 0. The van der Waals surface area contributed by atoms with Gasteiger partial charge in [0.1, 0.15) is 16.4 Å². The van der Waals surface area contributed by atoms with Gasteiger partial charge in [-0.25, -0.2) is 5.84 Å². The predicted octanol–water partition coefficient (Wildman–Crippen LogP) is 0.797. The number of hydrazine groups is 1. The SMILES string of the molecule is NNc1snnc1CSc1nnnn1-c1ccc(O)cc1. The maximum Gasteiger partial charge on any atom is 0.214 e. The summed E-state index contributed by atoms with van der Waals surface area (Å²) in [5.41, 5.74) is 4.05. The summed E-state index contributed by atoms with van der Waals surface area (Å²) in [7, 11) is 0. The Morgan fingerprint density at radius 1 is 1.29 bits per heavy atom. The van der Waals surface area contributed by atoms with E-state index >= 15 is 0 Å². The molecule has 3 aromatic rings. The van der Waals surface area contributed by atoms with Crippen molar-refractivity contribution in [3.05, 3.63) is 30.0 Å². The Bertz CT molecular complexity index is 725. The molecule has 21 heavy (non-hydrogen) atoms. The number of hydrogen-bond acceptors (Lipinski definition) is 10. The van der Waals surface area contributed by atoms with Crippen LogP contribution in [0.5, 0.6) is 5.75 Å². The first kappa shape index (κ1) is 13.7. The van der Waals surface area contributed by atoms with Gasteiger partial charge in [-0.1, -0.05) is 16.3 Å². The van der Waals surface area contributed by atoms with E-state index in [4.69, 9.17) is 5.84 Å². The zero-order valence-electron chi connectivity index (χ0n) is 10.5. The maximum atomic E-state index is 9.31. The van der Waals surface area contributed by atoms with E-state index in [0.717, 1.165) is 11.4 Å². The largest absolute Gasteiger partial charge is 0.508 e. The summed E-state index contributed by atoms with van der Waals surface area (Å²) in [5.74, 6) is 6.11. The molecule has 0 aliphatic carbocycles. The molecule has 0 radical (unpaired) electrons. The van der Waals surface area contributed by atoms with Gasteiger partial charge in [0.25, 0.3) is 0 Å². The van der Waals surface area contributed by atoms with E-state index in [-0.39, 0.29) is 5.75 Å². The number of nitrogen functional groups attached to an aromatic ring is 1. The third-order valence-corrected chi connectivity index (χ3v) is 4.19. The first-order valence-electron chi connectivity index (χ1n) is 5.76. The molecule has 11 heteroatoms. The Kier molecular flexibility index (Phi) is 3.94. The van der Waals surface area contributed by atoms with E-state index in [0.29, 0.717) is 15.9 Å². The van der Waals surface area contributed by atoms with Crippen LogP contribution >= 0.6 is 23.3 Å². The molecule has 1 aromatic carbocycles. The summed E-state index contributed by atoms with van der Waals surface area (Å²) in [4.78, 5) is 0. The molecule has 108 valence electrons. The number of benzene rings is 1. The van der Waals surface area contributed by atoms with Gasteiger partial charge >= 0.3 is 0 Å². The zero-order valence-corrected chi connectivity index (χ0v) is 12.2. The monoisotopic (exact) mass is 322 g/mol. The van der Waals surface area contributed by atoms with E-state index in [9.17, 15) is 5.11 Å². The van der Waals surface area contributed by atoms with Gasteiger partial charge in [-0.05, 0) is 34.7 Å². The lowest BCUT2D eigenvalue weighted by Gasteiger charge is -2.04. The molecule has 0 spiro atoms. The van der Waals surface area contributed by atoms with E-state index in [1.54, 1.807) is 28.9 Å². The molecule has 2 aromatic heterocycles. The smallest absolute Gasteiger partial charge is 0.214 e. The van der Waals surface area contributed by atoms with Crippen molar-refractivity contribution in [3.8, 4) is 11.4 Å². The zero-order chi connectivity index (χ0) is 14.7. The highest BCUT2D eigenvalue weighted by atomic mass is 32.2. The molecule has 0 aliphatic rings. The Morgan fingerprint density at radius 2 is 2.10 bits per heavy atom. The average molecular weight is 322 g/mol. The Morgan fingerprint density at radius 3 is 2.86 bits per heavy atom. The van der Waals surface area contributed by atoms with Gasteiger partial charge in [-0.15, -0.1) is 10.2 Å². The summed E-state index contributed by atoms with van der Waals surface area (Å²) in [6.07, 6.45) is 0. The number of phenols is 1. The number of aromatic nitrogens is 6. The molecule has 0 amide bonds. The van der Waals surface area contributed by atoms with Crippen LogP contribution in [-0.2, 0) is 5.75 Å². The van der Waals surface area contributed by atoms with Crippen molar-refractivity contribution in [3.63, 3.8) is 0 Å². The van der Waals surface area contributed by atoms with Crippen LogP contribution in [0.15, 0.2) is 29.4 Å². The molecule has 2 heterocycles. The van der Waals surface area contributed by atoms with Crippen molar-refractivity contribution in [2.45, 2.75) is 10.9 Å². The van der Waals surface area contributed by atoms with Crippen molar-refractivity contribution >= 4 is 28.3 Å². The van der Waals surface area contributed by atoms with Gasteiger partial charge < -0.3 is 10.5 Å². The molecule has 0 fully saturated rings.